The Morgan fingerprint density at radius 1 is 1.03 bits per heavy atom. The van der Waals surface area contributed by atoms with E-state index in [4.69, 9.17) is 18.9 Å². The number of fused-ring (bicyclic) bond motifs is 1. The minimum absolute atomic E-state index is 0.0749. The van der Waals surface area contributed by atoms with Gasteiger partial charge in [-0.05, 0) is 12.1 Å². The van der Waals surface area contributed by atoms with Crippen molar-refractivity contribution in [1.29, 1.82) is 0 Å². The Morgan fingerprint density at radius 2 is 1.67 bits per heavy atom. The minimum atomic E-state index is -1.13. The van der Waals surface area contributed by atoms with E-state index in [-0.39, 0.29) is 12.3 Å². The van der Waals surface area contributed by atoms with Crippen LogP contribution in [0.25, 0.3) is 10.9 Å². The van der Waals surface area contributed by atoms with Crippen LogP contribution in [0.1, 0.15) is 27.0 Å². The molecule has 1 aliphatic heterocycles. The summed E-state index contributed by atoms with van der Waals surface area (Å²) >= 11 is 0. The van der Waals surface area contributed by atoms with Crippen LogP contribution in [0.3, 0.4) is 0 Å². The molecular weight excluding hydrogens is 400 g/mol. The molecule has 0 radical (unpaired) electrons. The molecule has 1 saturated heterocycles. The number of hydrogen-bond donors (Lipinski definition) is 0. The largest absolute Gasteiger partial charge is 0.456 e. The van der Waals surface area contributed by atoms with Crippen molar-refractivity contribution in [2.75, 3.05) is 6.61 Å². The van der Waals surface area contributed by atoms with Crippen molar-refractivity contribution < 1.29 is 38.3 Å². The van der Waals surface area contributed by atoms with Crippen molar-refractivity contribution in [3.05, 3.63) is 40.6 Å². The van der Waals surface area contributed by atoms with Crippen LogP contribution in [0.4, 0.5) is 5.69 Å². The summed E-state index contributed by atoms with van der Waals surface area (Å²) in [5.74, 6) is -1.91. The smallest absolute Gasteiger partial charge is 0.303 e. The molecule has 160 valence electrons. The lowest BCUT2D eigenvalue weighted by Crippen LogP contribution is -2.55. The second-order valence-electron chi connectivity index (χ2n) is 6.74. The van der Waals surface area contributed by atoms with E-state index in [1.807, 2.05) is 0 Å². The van der Waals surface area contributed by atoms with Crippen LogP contribution in [-0.2, 0) is 33.3 Å². The third kappa shape index (κ3) is 4.40. The Bertz CT molecular complexity index is 999. The third-order valence-corrected chi connectivity index (χ3v) is 4.51. The van der Waals surface area contributed by atoms with E-state index >= 15 is 0 Å². The molecule has 0 unspecified atom stereocenters. The van der Waals surface area contributed by atoms with Gasteiger partial charge in [-0.15, -0.1) is 0 Å². The van der Waals surface area contributed by atoms with Gasteiger partial charge in [-0.3, -0.25) is 24.5 Å². The molecule has 0 spiro atoms. The molecule has 0 N–H and O–H groups in total. The van der Waals surface area contributed by atoms with Gasteiger partial charge < -0.3 is 23.5 Å². The van der Waals surface area contributed by atoms with Gasteiger partial charge in [-0.1, -0.05) is 0 Å². The summed E-state index contributed by atoms with van der Waals surface area (Å²) in [6.07, 6.45) is -2.52. The average Bonchev–Trinajstić information content (AvgIpc) is 3.06. The number of aromatic nitrogens is 1. The number of esters is 3. The predicted octanol–water partition coefficient (Wildman–Crippen LogP) is 1.87. The van der Waals surface area contributed by atoms with E-state index in [2.05, 4.69) is 0 Å². The summed E-state index contributed by atoms with van der Waals surface area (Å²) < 4.78 is 23.4. The van der Waals surface area contributed by atoms with Gasteiger partial charge in [-0.25, -0.2) is 0 Å². The normalized spacial score (nSPS) is 23.6. The first-order valence-corrected chi connectivity index (χ1v) is 9.05. The first-order chi connectivity index (χ1) is 14.2. The maximum atomic E-state index is 11.8. The zero-order chi connectivity index (χ0) is 22.0. The van der Waals surface area contributed by atoms with Crippen LogP contribution in [-0.4, -0.2) is 52.3 Å². The van der Waals surface area contributed by atoms with Gasteiger partial charge in [0.15, 0.2) is 24.5 Å². The highest BCUT2D eigenvalue weighted by Crippen LogP contribution is 2.34. The minimum Gasteiger partial charge on any atom is -0.456 e. The molecule has 4 atom stereocenters. The highest BCUT2D eigenvalue weighted by Gasteiger charge is 2.47. The van der Waals surface area contributed by atoms with E-state index in [9.17, 15) is 24.5 Å². The summed E-state index contributed by atoms with van der Waals surface area (Å²) in [5, 5.41) is 11.6. The lowest BCUT2D eigenvalue weighted by atomic mass is 10.0. The molecule has 2 heterocycles. The van der Waals surface area contributed by atoms with Gasteiger partial charge in [0.2, 0.25) is 0 Å². The topological polar surface area (TPSA) is 136 Å². The van der Waals surface area contributed by atoms with Gasteiger partial charge in [0, 0.05) is 44.5 Å². The summed E-state index contributed by atoms with van der Waals surface area (Å²) in [7, 11) is 0. The van der Waals surface area contributed by atoms with Crippen molar-refractivity contribution in [1.82, 2.24) is 4.57 Å². The quantitative estimate of drug-likeness (QED) is 0.307. The Morgan fingerprint density at radius 3 is 2.27 bits per heavy atom. The fraction of sp³-hybridized carbons (Fsp3) is 0.421. The Kier molecular flexibility index (Phi) is 6.01. The third-order valence-electron chi connectivity index (χ3n) is 4.51. The maximum Gasteiger partial charge on any atom is 0.303 e. The van der Waals surface area contributed by atoms with E-state index in [1.54, 1.807) is 22.9 Å². The molecule has 11 nitrogen and oxygen atoms in total. The van der Waals surface area contributed by atoms with Crippen molar-refractivity contribution in [3.8, 4) is 0 Å². The number of ether oxygens (including phenoxy) is 4. The zero-order valence-electron chi connectivity index (χ0n) is 16.5. The van der Waals surface area contributed by atoms with Gasteiger partial charge in [0.05, 0.1) is 17.0 Å². The highest BCUT2D eigenvalue weighted by atomic mass is 16.6. The first kappa shape index (κ1) is 21.2. The highest BCUT2D eigenvalue weighted by molar-refractivity contribution is 5.82. The number of nitro benzene ring substituents is 1. The van der Waals surface area contributed by atoms with E-state index in [0.717, 1.165) is 0 Å². The molecule has 1 aliphatic rings. The van der Waals surface area contributed by atoms with Crippen molar-refractivity contribution in [3.63, 3.8) is 0 Å². The molecule has 11 heteroatoms. The summed E-state index contributed by atoms with van der Waals surface area (Å²) in [6, 6.07) is 5.94. The maximum absolute atomic E-state index is 11.8. The van der Waals surface area contributed by atoms with E-state index in [0.29, 0.717) is 10.9 Å². The molecule has 1 aromatic carbocycles. The van der Waals surface area contributed by atoms with Crippen molar-refractivity contribution >= 4 is 34.5 Å². The predicted molar refractivity (Wildman–Crippen MR) is 100 cm³/mol. The molecule has 0 aliphatic carbocycles. The van der Waals surface area contributed by atoms with Crippen LogP contribution >= 0.6 is 0 Å². The van der Waals surface area contributed by atoms with Crippen LogP contribution in [0.2, 0.25) is 0 Å². The van der Waals surface area contributed by atoms with Crippen LogP contribution in [0.5, 0.6) is 0 Å². The van der Waals surface area contributed by atoms with E-state index < -0.39 is 47.4 Å². The number of rotatable bonds is 5. The van der Waals surface area contributed by atoms with Crippen molar-refractivity contribution in [2.45, 2.75) is 45.3 Å². The van der Waals surface area contributed by atoms with Crippen LogP contribution in [0, 0.1) is 10.1 Å². The van der Waals surface area contributed by atoms with Crippen LogP contribution in [0.15, 0.2) is 30.5 Å². The van der Waals surface area contributed by atoms with Gasteiger partial charge in [-0.2, -0.15) is 0 Å². The number of benzene rings is 1. The molecule has 0 saturated carbocycles. The number of non-ortho nitro benzene ring substituents is 1. The molecule has 0 amide bonds. The van der Waals surface area contributed by atoms with Gasteiger partial charge >= 0.3 is 17.9 Å². The SMILES string of the molecule is CC(=O)O[C@@H]1[C@H](OC(C)=O)[C@H](OC(C)=O)CO[C@@H]1n1ccc2cc([N+](=O)[O-])ccc21. The lowest BCUT2D eigenvalue weighted by molar-refractivity contribution is -0.384. The molecule has 2 aromatic rings. The van der Waals surface area contributed by atoms with Gasteiger partial charge in [0.1, 0.15) is 0 Å². The monoisotopic (exact) mass is 420 g/mol. The summed E-state index contributed by atoms with van der Waals surface area (Å²) in [6.45, 7) is 3.45. The molecule has 0 bridgehead atoms. The molecule has 1 aromatic heterocycles. The molecular formula is C19H20N2O9. The molecule has 3 rings (SSSR count). The Hall–Kier alpha value is -3.47. The zero-order valence-corrected chi connectivity index (χ0v) is 16.5. The number of hydrogen-bond acceptors (Lipinski definition) is 9. The number of carbonyl (C=O) groups excluding carboxylic acids is 3. The summed E-state index contributed by atoms with van der Waals surface area (Å²) in [5.41, 5.74) is 0.504. The molecule has 1 fully saturated rings. The second-order valence-corrected chi connectivity index (χ2v) is 6.74. The Labute approximate surface area is 170 Å². The number of nitrogens with zero attached hydrogens (tertiary/aromatic N) is 2. The first-order valence-electron chi connectivity index (χ1n) is 9.05. The Balaban J connectivity index is 2.03. The standard InChI is InChI=1S/C19H20N2O9/c1-10(22)28-16-9-27-19(18(30-12(3)24)17(16)29-11(2)23)20-7-6-13-8-14(21(25)26)4-5-15(13)20/h4-8,16-19H,9H2,1-3H3/t16-,17-,18-,19+/m1/s1. The van der Waals surface area contributed by atoms with Crippen LogP contribution < -0.4 is 0 Å². The summed E-state index contributed by atoms with van der Waals surface area (Å²) in [4.78, 5) is 45.4. The van der Waals surface area contributed by atoms with Crippen molar-refractivity contribution in [2.24, 2.45) is 0 Å². The number of carbonyl (C=O) groups is 3. The number of nitro groups is 1. The average molecular weight is 420 g/mol. The lowest BCUT2D eigenvalue weighted by Gasteiger charge is -2.41. The van der Waals surface area contributed by atoms with Gasteiger partial charge in [0.25, 0.3) is 5.69 Å². The fourth-order valence-corrected chi connectivity index (χ4v) is 3.45. The molecule has 30 heavy (non-hydrogen) atoms. The van der Waals surface area contributed by atoms with E-state index in [1.165, 1.54) is 32.9 Å². The second kappa shape index (κ2) is 8.49. The fourth-order valence-electron chi connectivity index (χ4n) is 3.45.